The highest BCUT2D eigenvalue weighted by Gasteiger charge is 2.23. The van der Waals surface area contributed by atoms with Crippen molar-refractivity contribution < 1.29 is 5.11 Å². The van der Waals surface area contributed by atoms with Gasteiger partial charge in [0.15, 0.2) is 0 Å². The minimum absolute atomic E-state index is 0.0483. The van der Waals surface area contributed by atoms with Gasteiger partial charge in [-0.15, -0.1) is 0 Å². The van der Waals surface area contributed by atoms with E-state index in [1.165, 1.54) is 21.9 Å². The molecule has 66 heavy (non-hydrogen) atoms. The molecule has 0 saturated heterocycles. The lowest BCUT2D eigenvalue weighted by molar-refractivity contribution is 0.477. The first-order chi connectivity index (χ1) is 31.7. The smallest absolute Gasteiger partial charge is 0.124 e. The van der Waals surface area contributed by atoms with Gasteiger partial charge in [-0.25, -0.2) is 4.98 Å². The number of para-hydroxylation sites is 4. The average Bonchev–Trinajstić information content (AvgIpc) is 3.65. The highest BCUT2D eigenvalue weighted by atomic mass is 16.3. The van der Waals surface area contributed by atoms with E-state index in [1.54, 1.807) is 6.07 Å². The second-order valence-electron chi connectivity index (χ2n) is 19.7. The Morgan fingerprint density at radius 3 is 1.73 bits per heavy atom. The predicted octanol–water partition coefficient (Wildman–Crippen LogP) is 15.9. The molecule has 6 aromatic carbocycles. The van der Waals surface area contributed by atoms with Crippen molar-refractivity contribution in [2.75, 3.05) is 0 Å². The Balaban J connectivity index is 1.12. The molecule has 0 amide bonds. The van der Waals surface area contributed by atoms with Crippen LogP contribution in [0.5, 0.6) is 5.75 Å². The zero-order valence-corrected chi connectivity index (χ0v) is 39.0. The Bertz CT molecular complexity index is 3440. The van der Waals surface area contributed by atoms with Crippen molar-refractivity contribution in [3.63, 3.8) is 0 Å². The highest BCUT2D eigenvalue weighted by molar-refractivity contribution is 6.14. The molecule has 10 aromatic rings. The van der Waals surface area contributed by atoms with Gasteiger partial charge in [-0.2, -0.15) is 0 Å². The molecule has 0 spiro atoms. The molecule has 324 valence electrons. The number of rotatable bonds is 7. The van der Waals surface area contributed by atoms with Crippen LogP contribution in [0, 0.1) is 13.8 Å². The molecule has 0 bridgehead atoms. The summed E-state index contributed by atoms with van der Waals surface area (Å²) in [6, 6.07) is 59.9. The van der Waals surface area contributed by atoms with Crippen molar-refractivity contribution in [2.24, 2.45) is 0 Å². The van der Waals surface area contributed by atoms with E-state index in [9.17, 15) is 5.11 Å². The molecule has 0 unspecified atom stereocenters. The molecule has 5 nitrogen and oxygen atoms in total. The summed E-state index contributed by atoms with van der Waals surface area (Å²) < 4.78 is 2.43. The van der Waals surface area contributed by atoms with Crippen molar-refractivity contribution >= 4 is 21.8 Å². The third-order valence-corrected chi connectivity index (χ3v) is 12.8. The molecular formula is C61H54N4O. The van der Waals surface area contributed by atoms with E-state index in [4.69, 9.17) is 15.0 Å². The molecule has 0 radical (unpaired) electrons. The number of aryl methyl sites for hydroxylation is 2. The Kier molecular flexibility index (Phi) is 10.5. The molecular weight excluding hydrogens is 805 g/mol. The van der Waals surface area contributed by atoms with Crippen LogP contribution in [-0.2, 0) is 10.8 Å². The molecule has 4 aromatic heterocycles. The molecule has 0 aliphatic carbocycles. The van der Waals surface area contributed by atoms with Crippen LogP contribution in [-0.4, -0.2) is 24.6 Å². The summed E-state index contributed by atoms with van der Waals surface area (Å²) >= 11 is 0. The molecule has 4 heterocycles. The first-order valence-electron chi connectivity index (χ1n) is 22.8. The number of nitrogens with zero attached hydrogens (tertiary/aromatic N) is 4. The molecule has 10 rings (SSSR count). The number of fused-ring (bicyclic) bond motifs is 3. The topological polar surface area (TPSA) is 63.8 Å². The van der Waals surface area contributed by atoms with Gasteiger partial charge >= 0.3 is 0 Å². The largest absolute Gasteiger partial charge is 0.507 e. The van der Waals surface area contributed by atoms with Crippen molar-refractivity contribution in [1.29, 1.82) is 0 Å². The number of aromatic hydroxyl groups is 1. The van der Waals surface area contributed by atoms with Crippen molar-refractivity contribution in [3.05, 3.63) is 199 Å². The summed E-state index contributed by atoms with van der Waals surface area (Å²) in [6.07, 6.45) is 1.92. The SMILES string of the molecule is Cc1cc(-c2ccccc2-n2c3ccccc3c3cccc(-c4ccnc(-c5cccc(-c6cc(-c7cc(C(C)(C)C)cc(C(C)(C)C)c7)cc(-c7ccccc7O)n6)c5)c4)c32)cc(C)n1. The van der Waals surface area contributed by atoms with Gasteiger partial charge in [-0.05, 0) is 125 Å². The number of hydrogen-bond acceptors (Lipinski definition) is 4. The highest BCUT2D eigenvalue weighted by Crippen LogP contribution is 2.42. The van der Waals surface area contributed by atoms with Crippen LogP contribution in [0.4, 0.5) is 0 Å². The van der Waals surface area contributed by atoms with Crippen LogP contribution in [0.2, 0.25) is 0 Å². The summed E-state index contributed by atoms with van der Waals surface area (Å²) in [5.41, 5.74) is 19.5. The molecule has 0 atom stereocenters. The van der Waals surface area contributed by atoms with Gasteiger partial charge in [-0.1, -0.05) is 145 Å². The van der Waals surface area contributed by atoms with E-state index in [0.29, 0.717) is 11.3 Å². The van der Waals surface area contributed by atoms with E-state index < -0.39 is 0 Å². The van der Waals surface area contributed by atoms with Gasteiger partial charge < -0.3 is 9.67 Å². The quantitative estimate of drug-likeness (QED) is 0.173. The number of benzene rings is 6. The van der Waals surface area contributed by atoms with Crippen LogP contribution < -0.4 is 0 Å². The van der Waals surface area contributed by atoms with Crippen molar-refractivity contribution in [3.8, 4) is 78.6 Å². The fourth-order valence-corrected chi connectivity index (χ4v) is 9.33. The summed E-state index contributed by atoms with van der Waals surface area (Å²) in [5, 5.41) is 13.5. The number of phenolic OH excluding ortho intramolecular Hbond substituents is 1. The Morgan fingerprint density at radius 2 is 1.00 bits per heavy atom. The zero-order valence-electron chi connectivity index (χ0n) is 39.0. The molecule has 1 N–H and O–H groups in total. The fraction of sp³-hybridized carbons (Fsp3) is 0.164. The Labute approximate surface area is 388 Å². The maximum absolute atomic E-state index is 11.1. The van der Waals surface area contributed by atoms with Gasteiger partial charge in [0, 0.05) is 56.2 Å². The second kappa shape index (κ2) is 16.4. The maximum Gasteiger partial charge on any atom is 0.124 e. The number of aromatic nitrogens is 4. The lowest BCUT2D eigenvalue weighted by atomic mass is 9.79. The predicted molar refractivity (Wildman–Crippen MR) is 275 cm³/mol. The first-order valence-corrected chi connectivity index (χ1v) is 22.8. The summed E-state index contributed by atoms with van der Waals surface area (Å²) in [6.45, 7) is 17.7. The second-order valence-corrected chi connectivity index (χ2v) is 19.7. The normalized spacial score (nSPS) is 12.0. The van der Waals surface area contributed by atoms with E-state index in [2.05, 4.69) is 206 Å². The van der Waals surface area contributed by atoms with Crippen LogP contribution in [0.1, 0.15) is 64.1 Å². The van der Waals surface area contributed by atoms with Gasteiger partial charge in [0.05, 0.1) is 33.8 Å². The van der Waals surface area contributed by atoms with E-state index >= 15 is 0 Å². The van der Waals surface area contributed by atoms with Crippen molar-refractivity contribution in [1.82, 2.24) is 19.5 Å². The summed E-state index contributed by atoms with van der Waals surface area (Å²) in [7, 11) is 0. The van der Waals surface area contributed by atoms with Crippen LogP contribution in [0.3, 0.4) is 0 Å². The maximum atomic E-state index is 11.1. The fourth-order valence-electron chi connectivity index (χ4n) is 9.33. The van der Waals surface area contributed by atoms with Gasteiger partial charge in [0.2, 0.25) is 0 Å². The molecule has 0 aliphatic heterocycles. The standard InChI is InChI=1S/C61H54N4O/c1-38-29-45(30-39(2)63-38)48-19-9-12-24-56(48)65-57-25-13-10-20-50(57)51-23-16-22-49(59(51)65)40-27-28-62-53(34-40)41-17-15-18-42(31-41)54-35-44(36-55(64-54)52-21-11-14-26-58(52)66)43-32-46(60(3,4)5)37-47(33-43)61(6,7)8/h9-37,66H,1-8H3. The van der Waals surface area contributed by atoms with E-state index in [-0.39, 0.29) is 16.6 Å². The van der Waals surface area contributed by atoms with Gasteiger partial charge in [-0.3, -0.25) is 9.97 Å². The molecule has 0 saturated carbocycles. The minimum atomic E-state index is -0.0483. The van der Waals surface area contributed by atoms with E-state index in [0.717, 1.165) is 84.0 Å². The van der Waals surface area contributed by atoms with Gasteiger partial charge in [0.25, 0.3) is 0 Å². The summed E-state index contributed by atoms with van der Waals surface area (Å²) in [4.78, 5) is 14.9. The van der Waals surface area contributed by atoms with Crippen LogP contribution >= 0.6 is 0 Å². The average molecular weight is 859 g/mol. The molecule has 0 fully saturated rings. The first kappa shape index (κ1) is 42.3. The third kappa shape index (κ3) is 7.96. The van der Waals surface area contributed by atoms with Crippen molar-refractivity contribution in [2.45, 2.75) is 66.2 Å². The Hall–Kier alpha value is -7.63. The molecule has 5 heteroatoms. The monoisotopic (exact) mass is 858 g/mol. The third-order valence-electron chi connectivity index (χ3n) is 12.8. The van der Waals surface area contributed by atoms with Gasteiger partial charge in [0.1, 0.15) is 5.75 Å². The lowest BCUT2D eigenvalue weighted by Gasteiger charge is -2.26. The van der Waals surface area contributed by atoms with Crippen LogP contribution in [0.15, 0.2) is 176 Å². The minimum Gasteiger partial charge on any atom is -0.507 e. The number of pyridine rings is 3. The lowest BCUT2D eigenvalue weighted by Crippen LogP contribution is -2.16. The summed E-state index contributed by atoms with van der Waals surface area (Å²) in [5.74, 6) is 0.196. The Morgan fingerprint density at radius 1 is 0.424 bits per heavy atom. The van der Waals surface area contributed by atoms with Crippen LogP contribution in [0.25, 0.3) is 94.6 Å². The molecule has 0 aliphatic rings. The number of hydrogen-bond donors (Lipinski definition) is 1. The number of phenols is 1. The van der Waals surface area contributed by atoms with E-state index in [1.807, 2.05) is 24.4 Å². The zero-order chi connectivity index (χ0) is 45.9.